The predicted octanol–water partition coefficient (Wildman–Crippen LogP) is 3.72. The van der Waals surface area contributed by atoms with Crippen LogP contribution in [-0.4, -0.2) is 5.78 Å². The standard InChI is InChI=1S/C13H22O/c1-12(5-3-6-12)9-11(14)10-13(2)7-4-8-13/h3-10H2,1-2H3. The summed E-state index contributed by atoms with van der Waals surface area (Å²) in [5, 5.41) is 0. The number of rotatable bonds is 4. The number of Topliss-reactive ketones (excluding diaryl/α,β-unsaturated/α-hetero) is 1. The normalized spacial score (nSPS) is 27.6. The molecule has 0 amide bonds. The Hall–Kier alpha value is -0.330. The SMILES string of the molecule is CC1(CC(=O)CC2(C)CCC2)CCC1. The van der Waals surface area contributed by atoms with Crippen LogP contribution in [-0.2, 0) is 4.79 Å². The van der Waals surface area contributed by atoms with Crippen molar-refractivity contribution >= 4 is 5.78 Å². The average Bonchev–Trinajstić information content (AvgIpc) is 1.98. The van der Waals surface area contributed by atoms with E-state index in [4.69, 9.17) is 0 Å². The Morgan fingerprint density at radius 1 is 0.929 bits per heavy atom. The summed E-state index contributed by atoms with van der Waals surface area (Å²) in [6.45, 7) is 4.55. The van der Waals surface area contributed by atoms with Gasteiger partial charge in [0.2, 0.25) is 0 Å². The van der Waals surface area contributed by atoms with Crippen LogP contribution >= 0.6 is 0 Å². The molecule has 0 radical (unpaired) electrons. The molecule has 2 saturated carbocycles. The summed E-state index contributed by atoms with van der Waals surface area (Å²) in [5.74, 6) is 0.523. The van der Waals surface area contributed by atoms with E-state index in [1.165, 1.54) is 38.5 Å². The lowest BCUT2D eigenvalue weighted by Crippen LogP contribution is -2.33. The van der Waals surface area contributed by atoms with Crippen molar-refractivity contribution in [2.75, 3.05) is 0 Å². The molecular weight excluding hydrogens is 172 g/mol. The molecule has 0 N–H and O–H groups in total. The second-order valence-corrected chi connectivity index (χ2v) is 6.22. The van der Waals surface area contributed by atoms with Crippen LogP contribution in [0.2, 0.25) is 0 Å². The minimum atomic E-state index is 0.386. The van der Waals surface area contributed by atoms with Crippen molar-refractivity contribution in [3.63, 3.8) is 0 Å². The fourth-order valence-corrected chi connectivity index (χ4v) is 2.93. The van der Waals surface area contributed by atoms with Gasteiger partial charge >= 0.3 is 0 Å². The third-order valence-corrected chi connectivity index (χ3v) is 4.37. The fraction of sp³-hybridized carbons (Fsp3) is 0.923. The Balaban J connectivity index is 1.78. The van der Waals surface area contributed by atoms with Gasteiger partial charge in [0, 0.05) is 12.8 Å². The third kappa shape index (κ3) is 2.02. The molecule has 0 heterocycles. The van der Waals surface area contributed by atoms with Crippen LogP contribution in [0.4, 0.5) is 0 Å². The third-order valence-electron chi connectivity index (χ3n) is 4.37. The first-order valence-electron chi connectivity index (χ1n) is 6.03. The Labute approximate surface area is 87.3 Å². The van der Waals surface area contributed by atoms with Crippen molar-refractivity contribution in [2.45, 2.75) is 65.2 Å². The molecule has 0 unspecified atom stereocenters. The van der Waals surface area contributed by atoms with Crippen LogP contribution in [0.3, 0.4) is 0 Å². The molecule has 2 aliphatic rings. The van der Waals surface area contributed by atoms with Crippen LogP contribution in [0.1, 0.15) is 65.2 Å². The number of carbonyl (C=O) groups is 1. The number of hydrogen-bond donors (Lipinski definition) is 0. The molecule has 2 rings (SSSR count). The summed E-state index contributed by atoms with van der Waals surface area (Å²) < 4.78 is 0. The molecule has 2 aliphatic carbocycles. The molecule has 1 heteroatoms. The lowest BCUT2D eigenvalue weighted by Gasteiger charge is -2.41. The molecule has 0 aromatic carbocycles. The Kier molecular flexibility index (Phi) is 2.45. The van der Waals surface area contributed by atoms with Crippen LogP contribution in [0.15, 0.2) is 0 Å². The van der Waals surface area contributed by atoms with E-state index in [9.17, 15) is 4.79 Å². The second kappa shape index (κ2) is 3.36. The van der Waals surface area contributed by atoms with Gasteiger partial charge < -0.3 is 0 Å². The minimum absolute atomic E-state index is 0.386. The Morgan fingerprint density at radius 2 is 1.29 bits per heavy atom. The van der Waals surface area contributed by atoms with E-state index in [1.54, 1.807) is 0 Å². The lowest BCUT2D eigenvalue weighted by atomic mass is 9.63. The summed E-state index contributed by atoms with van der Waals surface area (Å²) in [7, 11) is 0. The van der Waals surface area contributed by atoms with Gasteiger partial charge in [0.05, 0.1) is 0 Å². The van der Waals surface area contributed by atoms with E-state index in [2.05, 4.69) is 13.8 Å². The van der Waals surface area contributed by atoms with E-state index in [-0.39, 0.29) is 0 Å². The molecule has 0 saturated heterocycles. The van der Waals surface area contributed by atoms with Crippen molar-refractivity contribution in [3.8, 4) is 0 Å². The number of carbonyl (C=O) groups excluding carboxylic acids is 1. The first kappa shape index (κ1) is 10.2. The van der Waals surface area contributed by atoms with E-state index in [1.807, 2.05) is 0 Å². The zero-order valence-corrected chi connectivity index (χ0v) is 9.57. The zero-order valence-electron chi connectivity index (χ0n) is 9.57. The highest BCUT2D eigenvalue weighted by atomic mass is 16.1. The second-order valence-electron chi connectivity index (χ2n) is 6.22. The smallest absolute Gasteiger partial charge is 0.133 e. The Morgan fingerprint density at radius 3 is 1.50 bits per heavy atom. The molecule has 0 aliphatic heterocycles. The molecular formula is C13H22O. The van der Waals surface area contributed by atoms with Gasteiger partial charge in [-0.25, -0.2) is 0 Å². The fourth-order valence-electron chi connectivity index (χ4n) is 2.93. The van der Waals surface area contributed by atoms with Gasteiger partial charge in [-0.3, -0.25) is 4.79 Å². The maximum Gasteiger partial charge on any atom is 0.133 e. The zero-order chi connectivity index (χ0) is 10.2. The van der Waals surface area contributed by atoms with Crippen LogP contribution in [0.25, 0.3) is 0 Å². The Bertz CT molecular complexity index is 210. The summed E-state index contributed by atoms with van der Waals surface area (Å²) in [5.41, 5.74) is 0.772. The van der Waals surface area contributed by atoms with Gasteiger partial charge in [-0.1, -0.05) is 26.7 Å². The molecule has 14 heavy (non-hydrogen) atoms. The molecule has 0 aromatic heterocycles. The van der Waals surface area contributed by atoms with Crippen molar-refractivity contribution in [2.24, 2.45) is 10.8 Å². The van der Waals surface area contributed by atoms with Gasteiger partial charge in [0.25, 0.3) is 0 Å². The molecule has 0 atom stereocenters. The van der Waals surface area contributed by atoms with E-state index in [0.29, 0.717) is 16.6 Å². The van der Waals surface area contributed by atoms with Crippen molar-refractivity contribution in [3.05, 3.63) is 0 Å². The summed E-state index contributed by atoms with van der Waals surface area (Å²) in [4.78, 5) is 11.9. The van der Waals surface area contributed by atoms with Crippen LogP contribution < -0.4 is 0 Å². The van der Waals surface area contributed by atoms with Crippen molar-refractivity contribution in [1.29, 1.82) is 0 Å². The van der Waals surface area contributed by atoms with Crippen molar-refractivity contribution < 1.29 is 4.79 Å². The number of hydrogen-bond acceptors (Lipinski definition) is 1. The maximum absolute atomic E-state index is 11.9. The summed E-state index contributed by atoms with van der Waals surface area (Å²) in [6.07, 6.45) is 9.46. The molecule has 80 valence electrons. The van der Waals surface area contributed by atoms with Gasteiger partial charge in [-0.15, -0.1) is 0 Å². The first-order valence-corrected chi connectivity index (χ1v) is 6.03. The van der Waals surface area contributed by atoms with E-state index >= 15 is 0 Å². The first-order chi connectivity index (χ1) is 6.52. The quantitative estimate of drug-likeness (QED) is 0.666. The van der Waals surface area contributed by atoms with Gasteiger partial charge in [0.15, 0.2) is 0 Å². The largest absolute Gasteiger partial charge is 0.300 e. The minimum Gasteiger partial charge on any atom is -0.300 e. The van der Waals surface area contributed by atoms with Crippen LogP contribution in [0, 0.1) is 10.8 Å². The van der Waals surface area contributed by atoms with E-state index < -0.39 is 0 Å². The molecule has 1 nitrogen and oxygen atoms in total. The van der Waals surface area contributed by atoms with Crippen LogP contribution in [0.5, 0.6) is 0 Å². The maximum atomic E-state index is 11.9. The molecule has 0 aromatic rings. The van der Waals surface area contributed by atoms with Crippen molar-refractivity contribution in [1.82, 2.24) is 0 Å². The monoisotopic (exact) mass is 194 g/mol. The number of ketones is 1. The topological polar surface area (TPSA) is 17.1 Å². The van der Waals surface area contributed by atoms with Gasteiger partial charge in [0.1, 0.15) is 5.78 Å². The van der Waals surface area contributed by atoms with E-state index in [0.717, 1.165) is 12.8 Å². The molecule has 0 bridgehead atoms. The highest BCUT2D eigenvalue weighted by molar-refractivity contribution is 5.80. The van der Waals surface area contributed by atoms with Gasteiger partial charge in [-0.05, 0) is 36.5 Å². The lowest BCUT2D eigenvalue weighted by molar-refractivity contribution is -0.125. The summed E-state index contributed by atoms with van der Waals surface area (Å²) >= 11 is 0. The highest BCUT2D eigenvalue weighted by Gasteiger charge is 2.38. The summed E-state index contributed by atoms with van der Waals surface area (Å²) in [6, 6.07) is 0. The molecule has 2 fully saturated rings. The highest BCUT2D eigenvalue weighted by Crippen LogP contribution is 2.47. The molecule has 0 spiro atoms. The average molecular weight is 194 g/mol. The predicted molar refractivity (Wildman–Crippen MR) is 58.2 cm³/mol. The van der Waals surface area contributed by atoms with Gasteiger partial charge in [-0.2, -0.15) is 0 Å².